The Morgan fingerprint density at radius 1 is 0.524 bits per heavy atom. The van der Waals surface area contributed by atoms with Crippen molar-refractivity contribution in [3.8, 4) is 0 Å². The molecule has 0 aromatic rings. The summed E-state index contributed by atoms with van der Waals surface area (Å²) in [7, 11) is 0. The molecule has 0 N–H and O–H groups in total. The van der Waals surface area contributed by atoms with Crippen molar-refractivity contribution in [2.45, 2.75) is 26.2 Å². The highest BCUT2D eigenvalue weighted by Gasteiger charge is 1.93. The Hall–Kier alpha value is 0.530. The standard InChI is InChI=1S/C15H31IO5/c1-2-3-4-6-17-8-10-19-12-14-21-15-13-20-11-9-18-7-5-16/h2-15H2,1H3. The molecule has 0 aromatic heterocycles. The molecule has 0 aliphatic carbocycles. The summed E-state index contributed by atoms with van der Waals surface area (Å²) in [5.41, 5.74) is 0. The van der Waals surface area contributed by atoms with Crippen LogP contribution in [-0.2, 0) is 23.7 Å². The van der Waals surface area contributed by atoms with Gasteiger partial charge in [0.2, 0.25) is 0 Å². The number of rotatable bonds is 18. The van der Waals surface area contributed by atoms with Gasteiger partial charge in [0, 0.05) is 11.0 Å². The first-order valence-corrected chi connectivity index (χ1v) is 9.39. The van der Waals surface area contributed by atoms with Gasteiger partial charge in [0.15, 0.2) is 0 Å². The summed E-state index contributed by atoms with van der Waals surface area (Å²) < 4.78 is 27.9. The van der Waals surface area contributed by atoms with Crippen LogP contribution in [-0.4, -0.2) is 70.5 Å². The van der Waals surface area contributed by atoms with E-state index >= 15 is 0 Å². The molecule has 0 heterocycles. The van der Waals surface area contributed by atoms with E-state index in [1.807, 2.05) is 0 Å². The lowest BCUT2D eigenvalue weighted by Gasteiger charge is -2.07. The van der Waals surface area contributed by atoms with Gasteiger partial charge < -0.3 is 23.7 Å². The SMILES string of the molecule is CCCCCOCCOCCOCCOCCOCCI. The molecule has 21 heavy (non-hydrogen) atoms. The number of hydrogen-bond acceptors (Lipinski definition) is 5. The summed E-state index contributed by atoms with van der Waals surface area (Å²) in [6.45, 7) is 8.83. The lowest BCUT2D eigenvalue weighted by atomic mass is 10.3. The van der Waals surface area contributed by atoms with Crippen LogP contribution in [0.15, 0.2) is 0 Å². The van der Waals surface area contributed by atoms with Crippen LogP contribution in [0.1, 0.15) is 26.2 Å². The van der Waals surface area contributed by atoms with Crippen molar-refractivity contribution in [1.29, 1.82) is 0 Å². The normalized spacial score (nSPS) is 11.1. The third kappa shape index (κ3) is 20.5. The maximum atomic E-state index is 5.44. The minimum absolute atomic E-state index is 0.600. The molecule has 0 unspecified atom stereocenters. The molecule has 5 nitrogen and oxygen atoms in total. The molecular formula is C15H31IO5. The van der Waals surface area contributed by atoms with Gasteiger partial charge in [-0.1, -0.05) is 42.4 Å². The number of alkyl halides is 1. The minimum Gasteiger partial charge on any atom is -0.379 e. The zero-order valence-corrected chi connectivity index (χ0v) is 15.5. The average Bonchev–Trinajstić information content (AvgIpc) is 2.50. The predicted octanol–water partition coefficient (Wildman–Crippen LogP) is 2.69. The molecule has 0 saturated carbocycles. The van der Waals surface area contributed by atoms with Crippen LogP contribution in [0.2, 0.25) is 0 Å². The smallest absolute Gasteiger partial charge is 0.0701 e. The highest BCUT2D eigenvalue weighted by atomic mass is 127. The second-order valence-electron chi connectivity index (χ2n) is 4.46. The molecule has 0 aliphatic heterocycles. The van der Waals surface area contributed by atoms with Gasteiger partial charge in [-0.05, 0) is 6.42 Å². The Morgan fingerprint density at radius 2 is 0.905 bits per heavy atom. The van der Waals surface area contributed by atoms with Gasteiger partial charge in [-0.25, -0.2) is 0 Å². The van der Waals surface area contributed by atoms with Crippen molar-refractivity contribution in [2.24, 2.45) is 0 Å². The van der Waals surface area contributed by atoms with E-state index in [-0.39, 0.29) is 0 Å². The predicted molar refractivity (Wildman–Crippen MR) is 92.5 cm³/mol. The number of halogens is 1. The minimum atomic E-state index is 0.600. The fraction of sp³-hybridized carbons (Fsp3) is 1.00. The summed E-state index contributed by atoms with van der Waals surface area (Å²) >= 11 is 2.28. The fourth-order valence-corrected chi connectivity index (χ4v) is 1.80. The van der Waals surface area contributed by atoms with Gasteiger partial charge in [0.25, 0.3) is 0 Å². The van der Waals surface area contributed by atoms with Crippen molar-refractivity contribution < 1.29 is 23.7 Å². The van der Waals surface area contributed by atoms with Crippen LogP contribution >= 0.6 is 22.6 Å². The number of unbranched alkanes of at least 4 members (excludes halogenated alkanes) is 2. The maximum Gasteiger partial charge on any atom is 0.0701 e. The van der Waals surface area contributed by atoms with Crippen molar-refractivity contribution in [2.75, 3.05) is 70.5 Å². The topological polar surface area (TPSA) is 46.2 Å². The highest BCUT2D eigenvalue weighted by Crippen LogP contribution is 1.93. The molecular weight excluding hydrogens is 387 g/mol. The van der Waals surface area contributed by atoms with Crippen molar-refractivity contribution in [1.82, 2.24) is 0 Å². The Labute approximate surface area is 143 Å². The summed E-state index contributed by atoms with van der Waals surface area (Å²) in [6, 6.07) is 0. The molecule has 0 fully saturated rings. The second-order valence-corrected chi connectivity index (χ2v) is 5.54. The van der Waals surface area contributed by atoms with Gasteiger partial charge in [-0.2, -0.15) is 0 Å². The van der Waals surface area contributed by atoms with Crippen LogP contribution in [0.3, 0.4) is 0 Å². The molecule has 0 bridgehead atoms. The maximum absolute atomic E-state index is 5.44. The Bertz CT molecular complexity index is 165. The first kappa shape index (κ1) is 21.5. The molecule has 0 amide bonds. The van der Waals surface area contributed by atoms with Crippen LogP contribution in [0.5, 0.6) is 0 Å². The number of ether oxygens (including phenoxy) is 5. The molecule has 0 saturated heterocycles. The van der Waals surface area contributed by atoms with E-state index in [2.05, 4.69) is 29.5 Å². The number of hydrogen-bond donors (Lipinski definition) is 0. The van der Waals surface area contributed by atoms with Crippen molar-refractivity contribution in [3.63, 3.8) is 0 Å². The monoisotopic (exact) mass is 418 g/mol. The zero-order valence-electron chi connectivity index (χ0n) is 13.3. The summed E-state index contributed by atoms with van der Waals surface area (Å²) in [4.78, 5) is 0. The molecule has 0 radical (unpaired) electrons. The molecule has 0 aliphatic rings. The molecule has 128 valence electrons. The van der Waals surface area contributed by atoms with Crippen LogP contribution in [0.4, 0.5) is 0 Å². The first-order valence-electron chi connectivity index (χ1n) is 7.86. The van der Waals surface area contributed by atoms with E-state index in [4.69, 9.17) is 23.7 Å². The third-order valence-electron chi connectivity index (χ3n) is 2.60. The van der Waals surface area contributed by atoms with Gasteiger partial charge in [-0.15, -0.1) is 0 Å². The lowest BCUT2D eigenvalue weighted by molar-refractivity contribution is -0.0102. The third-order valence-corrected chi connectivity index (χ3v) is 3.04. The van der Waals surface area contributed by atoms with E-state index in [9.17, 15) is 0 Å². The van der Waals surface area contributed by atoms with Crippen LogP contribution < -0.4 is 0 Å². The average molecular weight is 418 g/mol. The van der Waals surface area contributed by atoms with Gasteiger partial charge in [-0.3, -0.25) is 0 Å². The van der Waals surface area contributed by atoms with E-state index < -0.39 is 0 Å². The van der Waals surface area contributed by atoms with E-state index in [0.29, 0.717) is 52.9 Å². The summed E-state index contributed by atoms with van der Waals surface area (Å²) in [6.07, 6.45) is 3.61. The van der Waals surface area contributed by atoms with E-state index in [1.165, 1.54) is 12.8 Å². The van der Waals surface area contributed by atoms with Crippen molar-refractivity contribution >= 4 is 22.6 Å². The van der Waals surface area contributed by atoms with Gasteiger partial charge in [0.05, 0.1) is 59.5 Å². The van der Waals surface area contributed by atoms with Gasteiger partial charge in [0.1, 0.15) is 0 Å². The summed E-state index contributed by atoms with van der Waals surface area (Å²) in [5.74, 6) is 0. The van der Waals surface area contributed by atoms with Gasteiger partial charge >= 0.3 is 0 Å². The summed E-state index contributed by atoms with van der Waals surface area (Å²) in [5, 5.41) is 0. The molecule has 0 rings (SSSR count). The zero-order chi connectivity index (χ0) is 15.4. The van der Waals surface area contributed by atoms with Crippen molar-refractivity contribution in [3.05, 3.63) is 0 Å². The first-order chi connectivity index (χ1) is 10.4. The molecule has 0 atom stereocenters. The Balaban J connectivity index is 2.90. The Morgan fingerprint density at radius 3 is 1.29 bits per heavy atom. The molecule has 6 heteroatoms. The van der Waals surface area contributed by atoms with Crippen LogP contribution in [0, 0.1) is 0 Å². The molecule has 0 spiro atoms. The van der Waals surface area contributed by atoms with E-state index in [1.54, 1.807) is 0 Å². The largest absolute Gasteiger partial charge is 0.379 e. The Kier molecular flexibility index (Phi) is 21.0. The van der Waals surface area contributed by atoms with Crippen LogP contribution in [0.25, 0.3) is 0 Å². The fourth-order valence-electron chi connectivity index (χ4n) is 1.49. The van der Waals surface area contributed by atoms with E-state index in [0.717, 1.165) is 24.1 Å². The second kappa shape index (κ2) is 20.5. The highest BCUT2D eigenvalue weighted by molar-refractivity contribution is 14.1. The lowest BCUT2D eigenvalue weighted by Crippen LogP contribution is -2.13. The quantitative estimate of drug-likeness (QED) is 0.195. The molecule has 0 aromatic carbocycles.